The molecule has 1 aromatic heterocycles. The lowest BCUT2D eigenvalue weighted by molar-refractivity contribution is 0.375. The predicted octanol–water partition coefficient (Wildman–Crippen LogP) is 1.88. The summed E-state index contributed by atoms with van der Waals surface area (Å²) in [6.45, 7) is 1.73. The van der Waals surface area contributed by atoms with E-state index >= 15 is 0 Å². The fourth-order valence-corrected chi connectivity index (χ4v) is 2.12. The molecule has 0 atom stereocenters. The van der Waals surface area contributed by atoms with E-state index in [2.05, 4.69) is 16.4 Å². The van der Waals surface area contributed by atoms with Crippen LogP contribution >= 0.6 is 11.6 Å². The molecule has 1 aromatic rings. The molecule has 0 radical (unpaired) electrons. The third-order valence-electron chi connectivity index (χ3n) is 2.88. The van der Waals surface area contributed by atoms with Gasteiger partial charge in [0.2, 0.25) is 0 Å². The van der Waals surface area contributed by atoms with Crippen LogP contribution in [0.15, 0.2) is 18.2 Å². The lowest BCUT2D eigenvalue weighted by Crippen LogP contribution is -2.39. The number of nitrogens with one attached hydrogen (secondary N) is 1. The smallest absolute Gasteiger partial charge is 0.129 e. The van der Waals surface area contributed by atoms with E-state index in [0.717, 1.165) is 31.6 Å². The van der Waals surface area contributed by atoms with E-state index in [-0.39, 0.29) is 0 Å². The average Bonchev–Trinajstić information content (AvgIpc) is 2.30. The van der Waals surface area contributed by atoms with Gasteiger partial charge in [0.1, 0.15) is 10.6 Å². The highest BCUT2D eigenvalue weighted by atomic mass is 35.5. The Balaban J connectivity index is 2.37. The van der Waals surface area contributed by atoms with E-state index in [1.807, 2.05) is 12.1 Å². The fraction of sp³-hybridized carbons (Fsp3) is 0.455. The molecule has 1 aliphatic heterocycles. The first kappa shape index (κ1) is 10.4. The minimum absolute atomic E-state index is 0.448. The molecule has 4 heteroatoms. The van der Waals surface area contributed by atoms with Crippen LogP contribution in [-0.4, -0.2) is 18.1 Å². The normalized spacial score (nSPS) is 19.5. The van der Waals surface area contributed by atoms with Crippen LogP contribution in [0.2, 0.25) is 5.15 Å². The summed E-state index contributed by atoms with van der Waals surface area (Å²) >= 11 is 5.85. The van der Waals surface area contributed by atoms with Crippen molar-refractivity contribution in [1.82, 2.24) is 10.3 Å². The van der Waals surface area contributed by atoms with Gasteiger partial charge in [-0.2, -0.15) is 5.26 Å². The monoisotopic (exact) mass is 221 g/mol. The van der Waals surface area contributed by atoms with Gasteiger partial charge in [-0.25, -0.2) is 4.98 Å². The molecule has 0 aromatic carbocycles. The van der Waals surface area contributed by atoms with Crippen LogP contribution in [0.5, 0.6) is 0 Å². The van der Waals surface area contributed by atoms with Gasteiger partial charge in [-0.05, 0) is 38.1 Å². The number of piperidine rings is 1. The van der Waals surface area contributed by atoms with Crippen molar-refractivity contribution in [2.75, 3.05) is 13.1 Å². The number of hydrogen-bond donors (Lipinski definition) is 1. The maximum atomic E-state index is 9.32. The molecule has 2 rings (SSSR count). The summed E-state index contributed by atoms with van der Waals surface area (Å²) in [7, 11) is 0. The number of nitrogens with zero attached hydrogens (tertiary/aromatic N) is 2. The zero-order valence-electron chi connectivity index (χ0n) is 8.33. The number of nitriles is 1. The van der Waals surface area contributed by atoms with Crippen LogP contribution in [0.3, 0.4) is 0 Å². The molecular weight excluding hydrogens is 210 g/mol. The van der Waals surface area contributed by atoms with E-state index in [4.69, 9.17) is 11.6 Å². The molecular formula is C11H12ClN3. The topological polar surface area (TPSA) is 48.7 Å². The van der Waals surface area contributed by atoms with Gasteiger partial charge >= 0.3 is 0 Å². The van der Waals surface area contributed by atoms with Crippen LogP contribution in [0, 0.1) is 11.3 Å². The summed E-state index contributed by atoms with van der Waals surface area (Å²) < 4.78 is 0. The Morgan fingerprint density at radius 3 is 2.73 bits per heavy atom. The van der Waals surface area contributed by atoms with Crippen molar-refractivity contribution in [1.29, 1.82) is 5.26 Å². The van der Waals surface area contributed by atoms with Crippen LogP contribution in [0.1, 0.15) is 18.5 Å². The predicted molar refractivity (Wildman–Crippen MR) is 58.6 cm³/mol. The van der Waals surface area contributed by atoms with Crippen molar-refractivity contribution in [2.24, 2.45) is 0 Å². The molecule has 1 saturated heterocycles. The lowest BCUT2D eigenvalue weighted by atomic mass is 9.77. The van der Waals surface area contributed by atoms with Gasteiger partial charge in [0.15, 0.2) is 0 Å². The molecule has 3 nitrogen and oxygen atoms in total. The van der Waals surface area contributed by atoms with Crippen LogP contribution < -0.4 is 5.32 Å². The first-order valence-corrected chi connectivity index (χ1v) is 5.40. The fourth-order valence-electron chi connectivity index (χ4n) is 1.95. The Hall–Kier alpha value is -1.11. The Morgan fingerprint density at radius 2 is 2.13 bits per heavy atom. The van der Waals surface area contributed by atoms with E-state index in [9.17, 15) is 5.26 Å². The maximum Gasteiger partial charge on any atom is 0.129 e. The second-order valence-corrected chi connectivity index (χ2v) is 4.18. The van der Waals surface area contributed by atoms with Crippen molar-refractivity contribution >= 4 is 11.6 Å². The zero-order chi connectivity index (χ0) is 10.7. The van der Waals surface area contributed by atoms with Gasteiger partial charge in [0.25, 0.3) is 0 Å². The quantitative estimate of drug-likeness (QED) is 0.737. The number of rotatable bonds is 1. The van der Waals surface area contributed by atoms with Crippen molar-refractivity contribution in [3.8, 4) is 6.07 Å². The average molecular weight is 222 g/mol. The molecule has 1 aliphatic rings. The highest BCUT2D eigenvalue weighted by Crippen LogP contribution is 2.31. The van der Waals surface area contributed by atoms with Gasteiger partial charge in [0, 0.05) is 0 Å². The van der Waals surface area contributed by atoms with Crippen molar-refractivity contribution in [3.63, 3.8) is 0 Å². The largest absolute Gasteiger partial charge is 0.317 e. The molecule has 0 unspecified atom stereocenters. The highest BCUT2D eigenvalue weighted by molar-refractivity contribution is 6.29. The molecule has 2 heterocycles. The Bertz CT molecular complexity index is 391. The van der Waals surface area contributed by atoms with E-state index in [1.165, 1.54) is 0 Å². The number of halogens is 1. The summed E-state index contributed by atoms with van der Waals surface area (Å²) in [5, 5.41) is 13.0. The Morgan fingerprint density at radius 1 is 1.40 bits per heavy atom. The van der Waals surface area contributed by atoms with Gasteiger partial charge in [-0.15, -0.1) is 0 Å². The Labute approximate surface area is 94.1 Å². The van der Waals surface area contributed by atoms with Crippen LogP contribution in [-0.2, 0) is 5.41 Å². The summed E-state index contributed by atoms with van der Waals surface area (Å²) in [6.07, 6.45) is 1.60. The summed E-state index contributed by atoms with van der Waals surface area (Å²) in [5.41, 5.74) is 0.356. The summed E-state index contributed by atoms with van der Waals surface area (Å²) in [5.74, 6) is 0. The van der Waals surface area contributed by atoms with E-state index in [1.54, 1.807) is 6.07 Å². The van der Waals surface area contributed by atoms with E-state index in [0.29, 0.717) is 5.15 Å². The van der Waals surface area contributed by atoms with Gasteiger partial charge in [0.05, 0.1) is 11.8 Å². The molecule has 1 N–H and O–H groups in total. The highest BCUT2D eigenvalue weighted by Gasteiger charge is 2.35. The molecule has 0 saturated carbocycles. The third kappa shape index (κ3) is 1.97. The molecule has 0 amide bonds. The number of hydrogen-bond acceptors (Lipinski definition) is 3. The molecule has 15 heavy (non-hydrogen) atoms. The van der Waals surface area contributed by atoms with Crippen molar-refractivity contribution in [3.05, 3.63) is 29.0 Å². The van der Waals surface area contributed by atoms with Crippen molar-refractivity contribution in [2.45, 2.75) is 18.3 Å². The first-order chi connectivity index (χ1) is 7.27. The summed E-state index contributed by atoms with van der Waals surface area (Å²) in [4.78, 5) is 4.26. The third-order valence-corrected chi connectivity index (χ3v) is 3.09. The minimum Gasteiger partial charge on any atom is -0.317 e. The SMILES string of the molecule is N#CC1(c2cccc(Cl)n2)CCNCC1. The molecule has 0 bridgehead atoms. The summed E-state index contributed by atoms with van der Waals surface area (Å²) in [6, 6.07) is 7.88. The van der Waals surface area contributed by atoms with Crippen LogP contribution in [0.25, 0.3) is 0 Å². The number of pyridine rings is 1. The van der Waals surface area contributed by atoms with E-state index < -0.39 is 5.41 Å². The zero-order valence-corrected chi connectivity index (χ0v) is 9.09. The molecule has 1 fully saturated rings. The van der Waals surface area contributed by atoms with Gasteiger partial charge < -0.3 is 5.32 Å². The molecule has 0 spiro atoms. The van der Waals surface area contributed by atoms with Crippen molar-refractivity contribution < 1.29 is 0 Å². The second kappa shape index (κ2) is 4.18. The van der Waals surface area contributed by atoms with Crippen LogP contribution in [0.4, 0.5) is 0 Å². The van der Waals surface area contributed by atoms with Gasteiger partial charge in [-0.3, -0.25) is 0 Å². The number of aromatic nitrogens is 1. The second-order valence-electron chi connectivity index (χ2n) is 3.79. The maximum absolute atomic E-state index is 9.32. The molecule has 78 valence electrons. The standard InChI is InChI=1S/C11H12ClN3/c12-10-3-1-2-9(15-10)11(8-13)4-6-14-7-5-11/h1-3,14H,4-7H2. The first-order valence-electron chi connectivity index (χ1n) is 5.02. The van der Waals surface area contributed by atoms with Gasteiger partial charge in [-0.1, -0.05) is 17.7 Å². The minimum atomic E-state index is -0.448. The Kier molecular flexibility index (Phi) is 2.90. The molecule has 0 aliphatic carbocycles. The lowest BCUT2D eigenvalue weighted by Gasteiger charge is -2.30.